The summed E-state index contributed by atoms with van der Waals surface area (Å²) >= 11 is 0. The molecule has 0 aromatic heterocycles. The second kappa shape index (κ2) is 3.58. The Morgan fingerprint density at radius 1 is 1.33 bits per heavy atom. The lowest BCUT2D eigenvalue weighted by molar-refractivity contribution is 0.346. The molecule has 2 heteroatoms. The van der Waals surface area contributed by atoms with Crippen molar-refractivity contribution in [1.29, 1.82) is 0 Å². The molecule has 68 valence electrons. The van der Waals surface area contributed by atoms with E-state index in [0.717, 1.165) is 18.4 Å². The minimum absolute atomic E-state index is 0.940. The molecule has 0 saturated carbocycles. The third-order valence-corrected chi connectivity index (χ3v) is 3.06. The Morgan fingerprint density at radius 2 is 2.00 bits per heavy atom. The molecule has 0 amide bonds. The van der Waals surface area contributed by atoms with Gasteiger partial charge >= 0.3 is 0 Å². The zero-order valence-electron chi connectivity index (χ0n) is 7.79. The van der Waals surface area contributed by atoms with Crippen LogP contribution < -0.4 is 5.32 Å². The first-order valence-electron chi connectivity index (χ1n) is 4.94. The molecule has 0 aromatic rings. The van der Waals surface area contributed by atoms with Crippen molar-refractivity contribution in [3.8, 4) is 0 Å². The number of hydrogen-bond acceptors (Lipinski definition) is 2. The van der Waals surface area contributed by atoms with Crippen LogP contribution in [-0.2, 0) is 0 Å². The molecule has 2 aliphatic rings. The molecule has 2 aliphatic heterocycles. The van der Waals surface area contributed by atoms with Crippen molar-refractivity contribution in [2.24, 2.45) is 11.8 Å². The van der Waals surface area contributed by atoms with E-state index in [-0.39, 0.29) is 0 Å². The average Bonchev–Trinajstić information content (AvgIpc) is 2.58. The van der Waals surface area contributed by atoms with Gasteiger partial charge in [0, 0.05) is 19.6 Å². The molecule has 0 spiro atoms. The van der Waals surface area contributed by atoms with Gasteiger partial charge in [-0.05, 0) is 31.8 Å². The molecule has 2 saturated heterocycles. The van der Waals surface area contributed by atoms with E-state index in [2.05, 4.69) is 29.3 Å². The lowest BCUT2D eigenvalue weighted by Gasteiger charge is -2.13. The summed E-state index contributed by atoms with van der Waals surface area (Å²) in [5, 5.41) is 3.46. The molecule has 2 heterocycles. The minimum atomic E-state index is 0.940. The minimum Gasteiger partial charge on any atom is -0.316 e. The smallest absolute Gasteiger partial charge is 0.0163 e. The van der Waals surface area contributed by atoms with Crippen LogP contribution in [0.25, 0.3) is 0 Å². The van der Waals surface area contributed by atoms with Crippen LogP contribution in [0.2, 0.25) is 0 Å². The molecule has 2 atom stereocenters. The molecular weight excluding hydrogens is 148 g/mol. The number of likely N-dealkylation sites (tertiary alicyclic amines) is 1. The topological polar surface area (TPSA) is 15.3 Å². The highest BCUT2D eigenvalue weighted by Gasteiger charge is 2.35. The Hall–Kier alpha value is -0.340. The number of nitrogens with zero attached hydrogens (tertiary/aromatic N) is 1. The van der Waals surface area contributed by atoms with Gasteiger partial charge < -0.3 is 5.32 Å². The van der Waals surface area contributed by atoms with Crippen LogP contribution in [0.4, 0.5) is 0 Å². The molecule has 0 radical (unpaired) electrons. The van der Waals surface area contributed by atoms with Crippen LogP contribution in [0.15, 0.2) is 12.2 Å². The van der Waals surface area contributed by atoms with E-state index in [0.29, 0.717) is 0 Å². The average molecular weight is 166 g/mol. The second-order valence-corrected chi connectivity index (χ2v) is 3.97. The van der Waals surface area contributed by atoms with Crippen LogP contribution in [0.5, 0.6) is 0 Å². The summed E-state index contributed by atoms with van der Waals surface area (Å²) in [6, 6.07) is 0. The van der Waals surface area contributed by atoms with Crippen molar-refractivity contribution in [2.45, 2.75) is 6.92 Å². The first kappa shape index (κ1) is 8.27. The van der Waals surface area contributed by atoms with Crippen molar-refractivity contribution in [3.63, 3.8) is 0 Å². The maximum absolute atomic E-state index is 3.46. The molecule has 2 unspecified atom stereocenters. The Labute approximate surface area is 74.6 Å². The summed E-state index contributed by atoms with van der Waals surface area (Å²) in [4.78, 5) is 2.57. The van der Waals surface area contributed by atoms with Gasteiger partial charge in [0.05, 0.1) is 0 Å². The summed E-state index contributed by atoms with van der Waals surface area (Å²) in [5.41, 5.74) is 0. The lowest BCUT2D eigenvalue weighted by atomic mass is 10.0. The number of rotatable bonds is 2. The summed E-state index contributed by atoms with van der Waals surface area (Å²) in [7, 11) is 0. The molecule has 1 N–H and O–H groups in total. The number of nitrogens with one attached hydrogen (secondary N) is 1. The molecule has 2 rings (SSSR count). The van der Waals surface area contributed by atoms with E-state index >= 15 is 0 Å². The Balaban J connectivity index is 1.82. The van der Waals surface area contributed by atoms with Crippen LogP contribution in [-0.4, -0.2) is 37.6 Å². The molecule has 0 bridgehead atoms. The van der Waals surface area contributed by atoms with Crippen molar-refractivity contribution in [1.82, 2.24) is 10.2 Å². The van der Waals surface area contributed by atoms with E-state index in [1.165, 1.54) is 26.2 Å². The summed E-state index contributed by atoms with van der Waals surface area (Å²) in [5.74, 6) is 1.88. The maximum Gasteiger partial charge on any atom is 0.0163 e. The predicted octanol–water partition coefficient (Wildman–Crippen LogP) is 0.714. The molecule has 2 nitrogen and oxygen atoms in total. The first-order chi connectivity index (χ1) is 5.90. The monoisotopic (exact) mass is 166 g/mol. The zero-order valence-corrected chi connectivity index (χ0v) is 7.79. The van der Waals surface area contributed by atoms with Gasteiger partial charge in [-0.1, -0.05) is 12.2 Å². The van der Waals surface area contributed by atoms with Crippen LogP contribution in [0, 0.1) is 11.8 Å². The third kappa shape index (κ3) is 1.54. The van der Waals surface area contributed by atoms with Gasteiger partial charge in [0.25, 0.3) is 0 Å². The van der Waals surface area contributed by atoms with Gasteiger partial charge in [-0.25, -0.2) is 0 Å². The Morgan fingerprint density at radius 3 is 2.58 bits per heavy atom. The van der Waals surface area contributed by atoms with E-state index in [1.54, 1.807) is 0 Å². The Bertz CT molecular complexity index is 165. The predicted molar refractivity (Wildman–Crippen MR) is 51.1 cm³/mol. The maximum atomic E-state index is 3.46. The molecule has 12 heavy (non-hydrogen) atoms. The van der Waals surface area contributed by atoms with Crippen LogP contribution in [0.1, 0.15) is 6.92 Å². The van der Waals surface area contributed by atoms with E-state index < -0.39 is 0 Å². The SMILES string of the molecule is CC=CCN1CC2CNCC2C1. The quantitative estimate of drug-likeness (QED) is 0.608. The van der Waals surface area contributed by atoms with Crippen molar-refractivity contribution < 1.29 is 0 Å². The molecule has 0 aliphatic carbocycles. The molecule has 2 fully saturated rings. The van der Waals surface area contributed by atoms with Crippen molar-refractivity contribution in [2.75, 3.05) is 32.7 Å². The van der Waals surface area contributed by atoms with Gasteiger partial charge in [-0.2, -0.15) is 0 Å². The Kier molecular flexibility index (Phi) is 2.47. The van der Waals surface area contributed by atoms with Crippen molar-refractivity contribution in [3.05, 3.63) is 12.2 Å². The highest BCUT2D eigenvalue weighted by molar-refractivity contribution is 4.93. The number of hydrogen-bond donors (Lipinski definition) is 1. The normalized spacial score (nSPS) is 36.4. The number of fused-ring (bicyclic) bond motifs is 1. The summed E-state index contributed by atoms with van der Waals surface area (Å²) in [6.07, 6.45) is 4.40. The highest BCUT2D eigenvalue weighted by Crippen LogP contribution is 2.25. The van der Waals surface area contributed by atoms with E-state index in [4.69, 9.17) is 0 Å². The van der Waals surface area contributed by atoms with Crippen LogP contribution >= 0.6 is 0 Å². The summed E-state index contributed by atoms with van der Waals surface area (Å²) in [6.45, 7) is 8.36. The fourth-order valence-electron chi connectivity index (χ4n) is 2.36. The van der Waals surface area contributed by atoms with Gasteiger partial charge in [0.2, 0.25) is 0 Å². The molecule has 0 aromatic carbocycles. The van der Waals surface area contributed by atoms with Crippen LogP contribution in [0.3, 0.4) is 0 Å². The summed E-state index contributed by atoms with van der Waals surface area (Å²) < 4.78 is 0. The molecular formula is C10H18N2. The lowest BCUT2D eigenvalue weighted by Crippen LogP contribution is -2.25. The number of allylic oxidation sites excluding steroid dienone is 1. The fourth-order valence-corrected chi connectivity index (χ4v) is 2.36. The largest absolute Gasteiger partial charge is 0.316 e. The van der Waals surface area contributed by atoms with E-state index in [1.807, 2.05) is 0 Å². The van der Waals surface area contributed by atoms with Gasteiger partial charge in [0.1, 0.15) is 0 Å². The standard InChI is InChI=1S/C10H18N2/c1-2-3-4-12-7-9-5-11-6-10(9)8-12/h2-3,9-11H,4-8H2,1H3. The van der Waals surface area contributed by atoms with Crippen molar-refractivity contribution >= 4 is 0 Å². The zero-order chi connectivity index (χ0) is 8.39. The fraction of sp³-hybridized carbons (Fsp3) is 0.800. The van der Waals surface area contributed by atoms with Gasteiger partial charge in [-0.3, -0.25) is 4.90 Å². The highest BCUT2D eigenvalue weighted by atomic mass is 15.2. The first-order valence-corrected chi connectivity index (χ1v) is 4.94. The van der Waals surface area contributed by atoms with Gasteiger partial charge in [-0.15, -0.1) is 0 Å². The second-order valence-electron chi connectivity index (χ2n) is 3.97. The van der Waals surface area contributed by atoms with Gasteiger partial charge in [0.15, 0.2) is 0 Å². The van der Waals surface area contributed by atoms with E-state index in [9.17, 15) is 0 Å². The third-order valence-electron chi connectivity index (χ3n) is 3.06.